The minimum absolute atomic E-state index is 0.0482. The number of benzene rings is 2. The molecule has 0 amide bonds. The number of rotatable bonds is 4. The van der Waals surface area contributed by atoms with Crippen molar-refractivity contribution in [3.8, 4) is 5.75 Å². The molecule has 0 aliphatic rings. The number of hydrogen-bond donors (Lipinski definition) is 2. The van der Waals surface area contributed by atoms with Gasteiger partial charge in [-0.1, -0.05) is 23.7 Å². The number of halogens is 1. The van der Waals surface area contributed by atoms with Gasteiger partial charge in [-0.25, -0.2) is 8.42 Å². The van der Waals surface area contributed by atoms with Crippen LogP contribution in [-0.2, 0) is 10.0 Å². The van der Waals surface area contributed by atoms with E-state index in [0.717, 1.165) is 0 Å². The van der Waals surface area contributed by atoms with Gasteiger partial charge in [0.2, 0.25) is 0 Å². The Morgan fingerprint density at radius 2 is 1.95 bits per heavy atom. The van der Waals surface area contributed by atoms with E-state index in [1.807, 2.05) is 0 Å². The van der Waals surface area contributed by atoms with Gasteiger partial charge in [-0.15, -0.1) is 0 Å². The molecule has 0 unspecified atom stereocenters. The van der Waals surface area contributed by atoms with Crippen molar-refractivity contribution in [1.29, 1.82) is 0 Å². The maximum absolute atomic E-state index is 12.5. The van der Waals surface area contributed by atoms with E-state index in [9.17, 15) is 8.42 Å². The second kappa shape index (κ2) is 5.83. The molecule has 0 radical (unpaired) electrons. The molecule has 2 aromatic rings. The molecule has 0 aliphatic heterocycles. The predicted octanol–water partition coefficient (Wildman–Crippen LogP) is 3.04. The Bertz CT molecular complexity index is 756. The van der Waals surface area contributed by atoms with Crippen LogP contribution >= 0.6 is 11.6 Å². The topological polar surface area (TPSA) is 81.4 Å². The molecule has 0 aromatic heterocycles. The third kappa shape index (κ3) is 3.22. The second-order valence-electron chi connectivity index (χ2n) is 4.44. The molecule has 0 fully saturated rings. The molecule has 2 aromatic carbocycles. The van der Waals surface area contributed by atoms with Crippen LogP contribution in [0.2, 0.25) is 5.02 Å². The zero-order chi connectivity index (χ0) is 15.6. The van der Waals surface area contributed by atoms with E-state index < -0.39 is 10.0 Å². The van der Waals surface area contributed by atoms with Gasteiger partial charge in [-0.2, -0.15) is 0 Å². The zero-order valence-electron chi connectivity index (χ0n) is 11.6. The highest BCUT2D eigenvalue weighted by Crippen LogP contribution is 2.31. The summed E-state index contributed by atoms with van der Waals surface area (Å²) in [7, 11) is -2.39. The normalized spacial score (nSPS) is 11.2. The Kier molecular flexibility index (Phi) is 4.29. The maximum atomic E-state index is 12.5. The molecule has 0 bridgehead atoms. The average molecular weight is 327 g/mol. The van der Waals surface area contributed by atoms with Gasteiger partial charge in [-0.05, 0) is 36.8 Å². The maximum Gasteiger partial charge on any atom is 0.264 e. The zero-order valence-corrected chi connectivity index (χ0v) is 13.1. The molecule has 5 nitrogen and oxygen atoms in total. The molecule has 2 rings (SSSR count). The molecule has 21 heavy (non-hydrogen) atoms. The molecule has 0 aliphatic carbocycles. The fraction of sp³-hybridized carbons (Fsp3) is 0.143. The van der Waals surface area contributed by atoms with E-state index in [2.05, 4.69) is 4.72 Å². The van der Waals surface area contributed by atoms with Gasteiger partial charge in [0, 0.05) is 5.02 Å². The third-order valence-electron chi connectivity index (χ3n) is 2.92. The van der Waals surface area contributed by atoms with Crippen molar-refractivity contribution in [3.63, 3.8) is 0 Å². The summed E-state index contributed by atoms with van der Waals surface area (Å²) in [6.45, 7) is 1.68. The van der Waals surface area contributed by atoms with Crippen LogP contribution in [0.4, 0.5) is 11.4 Å². The lowest BCUT2D eigenvalue weighted by Gasteiger charge is -2.14. The molecule has 0 saturated heterocycles. The molecule has 3 N–H and O–H groups in total. The highest BCUT2D eigenvalue weighted by Gasteiger charge is 2.21. The molecule has 0 spiro atoms. The SMILES string of the molecule is COc1ccc(Cl)cc1NS(=O)(=O)c1c(C)cccc1N. The molecule has 7 heteroatoms. The monoisotopic (exact) mass is 326 g/mol. The number of nitrogens with one attached hydrogen (secondary N) is 1. The lowest BCUT2D eigenvalue weighted by Crippen LogP contribution is -2.16. The highest BCUT2D eigenvalue weighted by atomic mass is 35.5. The first-order chi connectivity index (χ1) is 9.85. The van der Waals surface area contributed by atoms with Gasteiger partial charge in [0.15, 0.2) is 0 Å². The standard InChI is InChI=1S/C14H15ClN2O3S/c1-9-4-3-5-11(16)14(9)21(18,19)17-12-8-10(15)6-7-13(12)20-2/h3-8,17H,16H2,1-2H3. The van der Waals surface area contributed by atoms with Crippen molar-refractivity contribution in [2.45, 2.75) is 11.8 Å². The van der Waals surface area contributed by atoms with E-state index in [4.69, 9.17) is 22.1 Å². The van der Waals surface area contributed by atoms with Crippen LogP contribution in [0.5, 0.6) is 5.75 Å². The smallest absolute Gasteiger partial charge is 0.264 e. The van der Waals surface area contributed by atoms with Crippen LogP contribution in [0.3, 0.4) is 0 Å². The number of sulfonamides is 1. The predicted molar refractivity (Wildman–Crippen MR) is 84.4 cm³/mol. The molecular formula is C14H15ClN2O3S. The largest absolute Gasteiger partial charge is 0.495 e. The van der Waals surface area contributed by atoms with Gasteiger partial charge in [0.1, 0.15) is 10.6 Å². The molecule has 112 valence electrons. The fourth-order valence-electron chi connectivity index (χ4n) is 2.00. The number of ether oxygens (including phenoxy) is 1. The number of methoxy groups -OCH3 is 1. The third-order valence-corrected chi connectivity index (χ3v) is 4.74. The van der Waals surface area contributed by atoms with Crippen molar-refractivity contribution in [2.24, 2.45) is 0 Å². The van der Waals surface area contributed by atoms with Gasteiger partial charge in [0.25, 0.3) is 10.0 Å². The molecule has 0 atom stereocenters. The van der Waals surface area contributed by atoms with Crippen molar-refractivity contribution in [2.75, 3.05) is 17.6 Å². The molecule has 0 saturated carbocycles. The van der Waals surface area contributed by atoms with E-state index in [0.29, 0.717) is 16.3 Å². The summed E-state index contributed by atoms with van der Waals surface area (Å²) in [5.41, 5.74) is 6.78. The Morgan fingerprint density at radius 3 is 2.57 bits per heavy atom. The summed E-state index contributed by atoms with van der Waals surface area (Å²) in [6.07, 6.45) is 0. The van der Waals surface area contributed by atoms with Crippen LogP contribution < -0.4 is 15.2 Å². The number of aryl methyl sites for hydroxylation is 1. The Hall–Kier alpha value is -1.92. The van der Waals surface area contributed by atoms with Crippen molar-refractivity contribution in [3.05, 3.63) is 47.0 Å². The summed E-state index contributed by atoms with van der Waals surface area (Å²) in [5, 5.41) is 0.395. The molecule has 0 heterocycles. The van der Waals surface area contributed by atoms with Crippen LogP contribution in [0.1, 0.15) is 5.56 Å². The number of nitrogen functional groups attached to an aromatic ring is 1. The lowest BCUT2D eigenvalue weighted by molar-refractivity contribution is 0.417. The van der Waals surface area contributed by atoms with Crippen molar-refractivity contribution in [1.82, 2.24) is 0 Å². The fourth-order valence-corrected chi connectivity index (χ4v) is 3.59. The first-order valence-corrected chi connectivity index (χ1v) is 7.92. The van der Waals surface area contributed by atoms with E-state index in [-0.39, 0.29) is 16.3 Å². The lowest BCUT2D eigenvalue weighted by atomic mass is 10.2. The van der Waals surface area contributed by atoms with Crippen LogP contribution in [0.25, 0.3) is 0 Å². The van der Waals surface area contributed by atoms with Crippen LogP contribution in [-0.4, -0.2) is 15.5 Å². The quantitative estimate of drug-likeness (QED) is 0.846. The Balaban J connectivity index is 2.50. The van der Waals surface area contributed by atoms with E-state index in [1.54, 1.807) is 31.2 Å². The summed E-state index contributed by atoms with van der Waals surface area (Å²) < 4.78 is 32.7. The summed E-state index contributed by atoms with van der Waals surface area (Å²) >= 11 is 5.90. The van der Waals surface area contributed by atoms with Crippen molar-refractivity contribution < 1.29 is 13.2 Å². The first kappa shape index (κ1) is 15.5. The molecular weight excluding hydrogens is 312 g/mol. The van der Waals surface area contributed by atoms with Crippen LogP contribution in [0, 0.1) is 6.92 Å². The minimum Gasteiger partial charge on any atom is -0.495 e. The summed E-state index contributed by atoms with van der Waals surface area (Å²) in [5.74, 6) is 0.370. The van der Waals surface area contributed by atoms with E-state index in [1.165, 1.54) is 19.2 Å². The van der Waals surface area contributed by atoms with Gasteiger partial charge < -0.3 is 10.5 Å². The van der Waals surface area contributed by atoms with Gasteiger partial charge in [-0.3, -0.25) is 4.72 Å². The second-order valence-corrected chi connectivity index (χ2v) is 6.50. The summed E-state index contributed by atoms with van der Waals surface area (Å²) in [4.78, 5) is 0.0482. The van der Waals surface area contributed by atoms with E-state index >= 15 is 0 Å². The highest BCUT2D eigenvalue weighted by molar-refractivity contribution is 7.93. The summed E-state index contributed by atoms with van der Waals surface area (Å²) in [6, 6.07) is 9.59. The van der Waals surface area contributed by atoms with Gasteiger partial charge >= 0.3 is 0 Å². The number of anilines is 2. The Morgan fingerprint density at radius 1 is 1.24 bits per heavy atom. The first-order valence-electron chi connectivity index (χ1n) is 6.06. The number of nitrogens with two attached hydrogens (primary N) is 1. The van der Waals surface area contributed by atoms with Crippen molar-refractivity contribution >= 4 is 33.0 Å². The minimum atomic E-state index is -3.84. The van der Waals surface area contributed by atoms with Crippen LogP contribution in [0.15, 0.2) is 41.3 Å². The van der Waals surface area contributed by atoms with Gasteiger partial charge in [0.05, 0.1) is 18.5 Å². The average Bonchev–Trinajstić information content (AvgIpc) is 2.37. The number of hydrogen-bond acceptors (Lipinski definition) is 4. The Labute approximate surface area is 128 Å².